The molecule has 0 saturated carbocycles. The molecule has 7 nitrogen and oxygen atoms in total. The average molecular weight is 464 g/mol. The number of carbonyl (C=O) groups excluding carboxylic acids is 3. The van der Waals surface area contributed by atoms with Crippen LogP contribution in [0.25, 0.3) is 0 Å². The molecule has 0 spiro atoms. The van der Waals surface area contributed by atoms with Crippen LogP contribution in [0.2, 0.25) is 0 Å². The minimum absolute atomic E-state index is 0.252. The van der Waals surface area contributed by atoms with Crippen molar-refractivity contribution >= 4 is 29.2 Å². The van der Waals surface area contributed by atoms with Gasteiger partial charge < -0.3 is 15.4 Å². The molecule has 0 unspecified atom stereocenters. The highest BCUT2D eigenvalue weighted by atomic mass is 32.1. The van der Waals surface area contributed by atoms with Gasteiger partial charge in [0.2, 0.25) is 5.91 Å². The van der Waals surface area contributed by atoms with Gasteiger partial charge >= 0.3 is 6.03 Å². The molecule has 1 fully saturated rings. The second-order valence-corrected chi connectivity index (χ2v) is 9.05. The van der Waals surface area contributed by atoms with Crippen molar-refractivity contribution in [1.29, 1.82) is 0 Å². The van der Waals surface area contributed by atoms with E-state index in [1.54, 1.807) is 20.1 Å². The van der Waals surface area contributed by atoms with Crippen molar-refractivity contribution in [2.75, 3.05) is 13.7 Å². The SMILES string of the molecule is COc1ccccc1C[C@@]1(C)NC(=O)N(CC(=O)N[C@@H](c2ccccc2)c2cccs2)C1=O. The Morgan fingerprint density at radius 1 is 1.09 bits per heavy atom. The van der Waals surface area contributed by atoms with Crippen LogP contribution in [-0.2, 0) is 16.0 Å². The van der Waals surface area contributed by atoms with Gasteiger partial charge in [-0.05, 0) is 35.6 Å². The fourth-order valence-corrected chi connectivity index (χ4v) is 4.81. The number of rotatable bonds is 8. The first-order valence-corrected chi connectivity index (χ1v) is 11.4. The molecule has 0 aliphatic carbocycles. The molecular weight excluding hydrogens is 438 g/mol. The predicted molar refractivity (Wildman–Crippen MR) is 126 cm³/mol. The number of thiophene rings is 1. The molecule has 0 radical (unpaired) electrons. The maximum absolute atomic E-state index is 13.2. The van der Waals surface area contributed by atoms with Crippen LogP contribution < -0.4 is 15.4 Å². The summed E-state index contributed by atoms with van der Waals surface area (Å²) < 4.78 is 5.37. The molecule has 4 rings (SSSR count). The van der Waals surface area contributed by atoms with Crippen molar-refractivity contribution in [3.63, 3.8) is 0 Å². The Hall–Kier alpha value is -3.65. The van der Waals surface area contributed by atoms with Gasteiger partial charge in [-0.1, -0.05) is 54.6 Å². The van der Waals surface area contributed by atoms with Crippen LogP contribution in [0.5, 0.6) is 5.75 Å². The zero-order valence-electron chi connectivity index (χ0n) is 18.4. The standard InChI is InChI=1S/C25H25N3O4S/c1-25(15-18-11-6-7-12-19(18)32-2)23(30)28(24(31)27-25)16-21(29)26-22(20-13-8-14-33-20)17-9-4-3-5-10-17/h3-14,22H,15-16H2,1-2H3,(H,26,29)(H,27,31)/t22-,25+/m0/s1. The molecule has 170 valence electrons. The zero-order chi connectivity index (χ0) is 23.4. The Morgan fingerprint density at radius 2 is 1.82 bits per heavy atom. The predicted octanol–water partition coefficient (Wildman–Crippen LogP) is 3.52. The number of ether oxygens (including phenoxy) is 1. The molecule has 4 amide bonds. The number of imide groups is 1. The van der Waals surface area contributed by atoms with Crippen molar-refractivity contribution in [3.05, 3.63) is 88.1 Å². The highest BCUT2D eigenvalue weighted by Gasteiger charge is 2.48. The number of benzene rings is 2. The van der Waals surface area contributed by atoms with Crippen molar-refractivity contribution in [3.8, 4) is 5.75 Å². The van der Waals surface area contributed by atoms with Gasteiger partial charge in [-0.2, -0.15) is 0 Å². The highest BCUT2D eigenvalue weighted by molar-refractivity contribution is 7.10. The van der Waals surface area contributed by atoms with Crippen LogP contribution in [0, 0.1) is 0 Å². The lowest BCUT2D eigenvalue weighted by Crippen LogP contribution is -2.47. The van der Waals surface area contributed by atoms with Gasteiger partial charge in [0.05, 0.1) is 13.2 Å². The fourth-order valence-electron chi connectivity index (χ4n) is 4.01. The highest BCUT2D eigenvalue weighted by Crippen LogP contribution is 2.28. The van der Waals surface area contributed by atoms with Crippen molar-refractivity contribution in [2.45, 2.75) is 24.9 Å². The van der Waals surface area contributed by atoms with E-state index < -0.39 is 23.4 Å². The van der Waals surface area contributed by atoms with Gasteiger partial charge in [-0.3, -0.25) is 14.5 Å². The third-order valence-electron chi connectivity index (χ3n) is 5.65. The van der Waals surface area contributed by atoms with Gasteiger partial charge in [-0.15, -0.1) is 11.3 Å². The van der Waals surface area contributed by atoms with Crippen LogP contribution in [-0.4, -0.2) is 41.9 Å². The first kappa shape index (κ1) is 22.5. The van der Waals surface area contributed by atoms with E-state index in [0.717, 1.165) is 20.9 Å². The van der Waals surface area contributed by atoms with E-state index in [4.69, 9.17) is 4.74 Å². The van der Waals surface area contributed by atoms with E-state index in [1.165, 1.54) is 11.3 Å². The summed E-state index contributed by atoms with van der Waals surface area (Å²) in [5, 5.41) is 7.67. The number of nitrogens with zero attached hydrogens (tertiary/aromatic N) is 1. The molecule has 2 N–H and O–H groups in total. The van der Waals surface area contributed by atoms with Gasteiger partial charge in [-0.25, -0.2) is 4.79 Å². The second-order valence-electron chi connectivity index (χ2n) is 8.07. The Morgan fingerprint density at radius 3 is 2.52 bits per heavy atom. The Balaban J connectivity index is 1.48. The van der Waals surface area contributed by atoms with E-state index in [1.807, 2.05) is 66.0 Å². The van der Waals surface area contributed by atoms with E-state index in [-0.39, 0.29) is 19.0 Å². The number of carbonyl (C=O) groups is 3. The number of hydrogen-bond acceptors (Lipinski definition) is 5. The molecule has 1 saturated heterocycles. The molecule has 1 aromatic heterocycles. The van der Waals surface area contributed by atoms with Gasteiger partial charge in [0.25, 0.3) is 5.91 Å². The maximum atomic E-state index is 13.2. The lowest BCUT2D eigenvalue weighted by atomic mass is 9.92. The molecule has 33 heavy (non-hydrogen) atoms. The Bertz CT molecular complexity index is 1150. The maximum Gasteiger partial charge on any atom is 0.325 e. The number of hydrogen-bond donors (Lipinski definition) is 2. The molecular formula is C25H25N3O4S. The summed E-state index contributed by atoms with van der Waals surface area (Å²) in [6.07, 6.45) is 0.252. The van der Waals surface area contributed by atoms with Crippen LogP contribution in [0.3, 0.4) is 0 Å². The topological polar surface area (TPSA) is 87.7 Å². The normalized spacial score (nSPS) is 18.7. The van der Waals surface area contributed by atoms with Crippen molar-refractivity contribution in [1.82, 2.24) is 15.5 Å². The van der Waals surface area contributed by atoms with Crippen LogP contribution >= 0.6 is 11.3 Å². The van der Waals surface area contributed by atoms with Crippen LogP contribution in [0.4, 0.5) is 4.79 Å². The Labute approximate surface area is 196 Å². The van der Waals surface area contributed by atoms with Crippen molar-refractivity contribution in [2.24, 2.45) is 0 Å². The van der Waals surface area contributed by atoms with E-state index in [0.29, 0.717) is 5.75 Å². The lowest BCUT2D eigenvalue weighted by Gasteiger charge is -2.23. The molecule has 2 heterocycles. The number of amides is 4. The summed E-state index contributed by atoms with van der Waals surface area (Å²) in [5.74, 6) is -0.221. The zero-order valence-corrected chi connectivity index (χ0v) is 19.2. The number of nitrogens with one attached hydrogen (secondary N) is 2. The van der Waals surface area contributed by atoms with Crippen molar-refractivity contribution < 1.29 is 19.1 Å². The van der Waals surface area contributed by atoms with E-state index >= 15 is 0 Å². The molecule has 8 heteroatoms. The van der Waals surface area contributed by atoms with Gasteiger partial charge in [0.15, 0.2) is 0 Å². The smallest absolute Gasteiger partial charge is 0.325 e. The lowest BCUT2D eigenvalue weighted by molar-refractivity contribution is -0.134. The quantitative estimate of drug-likeness (QED) is 0.501. The third-order valence-corrected chi connectivity index (χ3v) is 6.59. The Kier molecular flexibility index (Phi) is 6.46. The molecule has 1 aliphatic heterocycles. The number of methoxy groups -OCH3 is 1. The summed E-state index contributed by atoms with van der Waals surface area (Å²) in [6, 6.07) is 19.9. The summed E-state index contributed by atoms with van der Waals surface area (Å²) in [4.78, 5) is 40.7. The first-order chi connectivity index (χ1) is 15.9. The van der Waals surface area contributed by atoms with Gasteiger partial charge in [0.1, 0.15) is 17.8 Å². The first-order valence-electron chi connectivity index (χ1n) is 10.5. The summed E-state index contributed by atoms with van der Waals surface area (Å²) in [7, 11) is 1.56. The van der Waals surface area contributed by atoms with Crippen LogP contribution in [0.15, 0.2) is 72.1 Å². The monoisotopic (exact) mass is 463 g/mol. The molecule has 1 aliphatic rings. The van der Waals surface area contributed by atoms with Gasteiger partial charge in [0, 0.05) is 11.3 Å². The number of urea groups is 1. The molecule has 0 bridgehead atoms. The molecule has 2 atom stereocenters. The van der Waals surface area contributed by atoms with Crippen LogP contribution in [0.1, 0.15) is 29.0 Å². The van der Waals surface area contributed by atoms with E-state index in [2.05, 4.69) is 10.6 Å². The second kappa shape index (κ2) is 9.46. The average Bonchev–Trinajstić information content (AvgIpc) is 3.42. The minimum atomic E-state index is -1.17. The largest absolute Gasteiger partial charge is 0.496 e. The summed E-state index contributed by atoms with van der Waals surface area (Å²) in [5.41, 5.74) is 0.550. The summed E-state index contributed by atoms with van der Waals surface area (Å²) in [6.45, 7) is 1.30. The summed E-state index contributed by atoms with van der Waals surface area (Å²) >= 11 is 1.53. The minimum Gasteiger partial charge on any atom is -0.496 e. The molecule has 2 aromatic carbocycles. The molecule has 3 aromatic rings. The van der Waals surface area contributed by atoms with E-state index in [9.17, 15) is 14.4 Å². The fraction of sp³-hybridized carbons (Fsp3) is 0.240. The third kappa shape index (κ3) is 4.75. The number of para-hydroxylation sites is 1.